The highest BCUT2D eigenvalue weighted by atomic mass is 32.1. The number of carboxylic acid groups (broad SMARTS) is 1. The zero-order valence-electron chi connectivity index (χ0n) is 6.45. The van der Waals surface area contributed by atoms with E-state index in [1.165, 1.54) is 0 Å². The zero-order valence-corrected chi connectivity index (χ0v) is 7.27. The van der Waals surface area contributed by atoms with Gasteiger partial charge >= 0.3 is 5.97 Å². The first-order valence-corrected chi connectivity index (χ1v) is 3.76. The van der Waals surface area contributed by atoms with Crippen LogP contribution < -0.4 is 5.73 Å². The lowest BCUT2D eigenvalue weighted by molar-refractivity contribution is 0.0697. The van der Waals surface area contributed by atoms with Crippen LogP contribution in [0.2, 0.25) is 0 Å². The Morgan fingerprint density at radius 3 is 2.62 bits per heavy atom. The van der Waals surface area contributed by atoms with Gasteiger partial charge in [-0.2, -0.15) is 0 Å². The molecule has 0 radical (unpaired) electrons. The van der Waals surface area contributed by atoms with E-state index in [4.69, 9.17) is 10.8 Å². The number of carbonyl (C=O) groups is 1. The number of hydrogen-bond acceptors (Lipinski definition) is 2. The first kappa shape index (κ1) is 9.60. The van der Waals surface area contributed by atoms with E-state index >= 15 is 0 Å². The van der Waals surface area contributed by atoms with Crippen LogP contribution in [0.15, 0.2) is 18.2 Å². The van der Waals surface area contributed by atoms with Gasteiger partial charge in [-0.25, -0.2) is 9.18 Å². The molecule has 3 N–H and O–H groups in total. The molecule has 0 aliphatic heterocycles. The summed E-state index contributed by atoms with van der Waals surface area (Å²) in [6, 6.07) is 3.29. The smallest absolute Gasteiger partial charge is 0.335 e. The summed E-state index contributed by atoms with van der Waals surface area (Å²) in [5, 5.41) is 8.58. The summed E-state index contributed by atoms with van der Waals surface area (Å²) in [6.45, 7) is 0. The molecule has 13 heavy (non-hydrogen) atoms. The summed E-state index contributed by atoms with van der Waals surface area (Å²) in [5.74, 6) is -1.75. The zero-order chi connectivity index (χ0) is 10.0. The highest BCUT2D eigenvalue weighted by Gasteiger charge is 2.09. The summed E-state index contributed by atoms with van der Waals surface area (Å²) in [7, 11) is 0. The maximum absolute atomic E-state index is 12.9. The standard InChI is InChI=1S/C8H6FNO2S/c9-6-2-1-4(8(11)12)3-5(6)7(10)13/h1-3H,(H2,10,13)(H,11,12). The highest BCUT2D eigenvalue weighted by molar-refractivity contribution is 7.80. The minimum absolute atomic E-state index is 0.0378. The van der Waals surface area contributed by atoms with E-state index in [1.807, 2.05) is 0 Å². The van der Waals surface area contributed by atoms with Crippen LogP contribution in [0.3, 0.4) is 0 Å². The average molecular weight is 199 g/mol. The van der Waals surface area contributed by atoms with Crippen LogP contribution in [0, 0.1) is 5.82 Å². The van der Waals surface area contributed by atoms with Crippen molar-refractivity contribution < 1.29 is 14.3 Å². The summed E-state index contributed by atoms with van der Waals surface area (Å²) in [4.78, 5) is 10.3. The van der Waals surface area contributed by atoms with E-state index in [0.717, 1.165) is 18.2 Å². The fourth-order valence-corrected chi connectivity index (χ4v) is 1.00. The summed E-state index contributed by atoms with van der Waals surface area (Å²) in [5.41, 5.74) is 5.10. The molecule has 0 bridgehead atoms. The fraction of sp³-hybridized carbons (Fsp3) is 0. The number of aromatic carboxylic acids is 1. The molecule has 0 unspecified atom stereocenters. The Kier molecular flexibility index (Phi) is 2.57. The molecule has 1 aromatic carbocycles. The molecule has 68 valence electrons. The largest absolute Gasteiger partial charge is 0.478 e. The van der Waals surface area contributed by atoms with Crippen molar-refractivity contribution in [3.05, 3.63) is 35.1 Å². The van der Waals surface area contributed by atoms with Gasteiger partial charge in [0.15, 0.2) is 0 Å². The van der Waals surface area contributed by atoms with Gasteiger partial charge in [0.2, 0.25) is 0 Å². The van der Waals surface area contributed by atoms with E-state index in [9.17, 15) is 9.18 Å². The van der Waals surface area contributed by atoms with Gasteiger partial charge < -0.3 is 10.8 Å². The van der Waals surface area contributed by atoms with Crippen LogP contribution in [-0.4, -0.2) is 16.1 Å². The van der Waals surface area contributed by atoms with Crippen molar-refractivity contribution in [2.24, 2.45) is 5.73 Å². The van der Waals surface area contributed by atoms with Crippen LogP contribution in [-0.2, 0) is 0 Å². The lowest BCUT2D eigenvalue weighted by Gasteiger charge is -2.01. The fourth-order valence-electron chi connectivity index (χ4n) is 0.847. The molecule has 5 heteroatoms. The van der Waals surface area contributed by atoms with Crippen molar-refractivity contribution in [1.29, 1.82) is 0 Å². The molecule has 1 rings (SSSR count). The lowest BCUT2D eigenvalue weighted by Crippen LogP contribution is -2.13. The van der Waals surface area contributed by atoms with Crippen molar-refractivity contribution >= 4 is 23.2 Å². The summed E-state index contributed by atoms with van der Waals surface area (Å²) < 4.78 is 12.9. The molecular formula is C8H6FNO2S. The van der Waals surface area contributed by atoms with Gasteiger partial charge in [-0.15, -0.1) is 0 Å². The number of thiocarbonyl (C=S) groups is 1. The molecule has 0 saturated carbocycles. The predicted octanol–water partition coefficient (Wildman–Crippen LogP) is 1.16. The Morgan fingerprint density at radius 1 is 1.54 bits per heavy atom. The molecule has 3 nitrogen and oxygen atoms in total. The number of rotatable bonds is 2. The number of nitrogens with two attached hydrogens (primary N) is 1. The van der Waals surface area contributed by atoms with Crippen molar-refractivity contribution in [3.63, 3.8) is 0 Å². The van der Waals surface area contributed by atoms with Crippen molar-refractivity contribution in [2.75, 3.05) is 0 Å². The van der Waals surface area contributed by atoms with Crippen molar-refractivity contribution in [1.82, 2.24) is 0 Å². The highest BCUT2D eigenvalue weighted by Crippen LogP contribution is 2.10. The minimum Gasteiger partial charge on any atom is -0.478 e. The number of hydrogen-bond donors (Lipinski definition) is 2. The van der Waals surface area contributed by atoms with Crippen LogP contribution in [0.4, 0.5) is 4.39 Å². The van der Waals surface area contributed by atoms with Gasteiger partial charge in [0.05, 0.1) is 5.56 Å². The van der Waals surface area contributed by atoms with Gasteiger partial charge in [0.25, 0.3) is 0 Å². The van der Waals surface area contributed by atoms with Gasteiger partial charge in [0, 0.05) is 5.56 Å². The number of halogens is 1. The Morgan fingerprint density at radius 2 is 2.15 bits per heavy atom. The predicted molar refractivity (Wildman–Crippen MR) is 49.2 cm³/mol. The lowest BCUT2D eigenvalue weighted by atomic mass is 10.1. The second kappa shape index (κ2) is 3.49. The van der Waals surface area contributed by atoms with Crippen LogP contribution in [0.25, 0.3) is 0 Å². The quantitative estimate of drug-likeness (QED) is 0.701. The summed E-state index contributed by atoms with van der Waals surface area (Å²) in [6.07, 6.45) is 0. The van der Waals surface area contributed by atoms with E-state index in [2.05, 4.69) is 12.2 Å². The monoisotopic (exact) mass is 199 g/mol. The van der Waals surface area contributed by atoms with E-state index in [-0.39, 0.29) is 16.1 Å². The second-order valence-corrected chi connectivity index (χ2v) is 2.80. The van der Waals surface area contributed by atoms with Gasteiger partial charge in [-0.05, 0) is 18.2 Å². The molecule has 0 spiro atoms. The number of benzene rings is 1. The third-order valence-electron chi connectivity index (χ3n) is 1.48. The summed E-state index contributed by atoms with van der Waals surface area (Å²) >= 11 is 4.54. The van der Waals surface area contributed by atoms with Crippen LogP contribution in [0.1, 0.15) is 15.9 Å². The topological polar surface area (TPSA) is 63.3 Å². The van der Waals surface area contributed by atoms with Gasteiger partial charge in [-0.1, -0.05) is 12.2 Å². The molecule has 0 saturated heterocycles. The third-order valence-corrected chi connectivity index (χ3v) is 1.70. The second-order valence-electron chi connectivity index (χ2n) is 2.36. The van der Waals surface area contributed by atoms with E-state index in [1.54, 1.807) is 0 Å². The first-order chi connectivity index (χ1) is 6.02. The van der Waals surface area contributed by atoms with Crippen LogP contribution in [0.5, 0.6) is 0 Å². The number of carboxylic acids is 1. The maximum Gasteiger partial charge on any atom is 0.335 e. The molecule has 0 atom stereocenters. The van der Waals surface area contributed by atoms with Crippen LogP contribution >= 0.6 is 12.2 Å². The van der Waals surface area contributed by atoms with E-state index in [0.29, 0.717) is 0 Å². The molecule has 0 amide bonds. The Labute approximate surface area is 79.0 Å². The average Bonchev–Trinajstić information content (AvgIpc) is 2.04. The maximum atomic E-state index is 12.9. The third kappa shape index (κ3) is 2.00. The molecular weight excluding hydrogens is 193 g/mol. The molecule has 0 aliphatic rings. The molecule has 0 heterocycles. The molecule has 1 aromatic rings. The minimum atomic E-state index is -1.14. The van der Waals surface area contributed by atoms with Crippen molar-refractivity contribution in [3.8, 4) is 0 Å². The van der Waals surface area contributed by atoms with Crippen molar-refractivity contribution in [2.45, 2.75) is 0 Å². The normalized spacial score (nSPS) is 9.62. The molecule has 0 aliphatic carbocycles. The van der Waals surface area contributed by atoms with E-state index < -0.39 is 11.8 Å². The van der Waals surface area contributed by atoms with Gasteiger partial charge in [0.1, 0.15) is 10.8 Å². The Bertz CT molecular complexity index is 378. The Balaban J connectivity index is 3.27. The first-order valence-electron chi connectivity index (χ1n) is 3.35. The van der Waals surface area contributed by atoms with Gasteiger partial charge in [-0.3, -0.25) is 0 Å². The Hall–Kier alpha value is -1.49. The molecule has 0 fully saturated rings. The SMILES string of the molecule is NC(=S)c1cc(C(=O)O)ccc1F. The molecule has 0 aromatic heterocycles.